The van der Waals surface area contributed by atoms with E-state index in [2.05, 4.69) is 24.3 Å². The minimum absolute atomic E-state index is 0.0393. The summed E-state index contributed by atoms with van der Waals surface area (Å²) in [5.74, 6) is 0. The topological polar surface area (TPSA) is 36.9 Å². The summed E-state index contributed by atoms with van der Waals surface area (Å²) in [5.41, 5.74) is 0. The maximum atomic E-state index is 5.82. The van der Waals surface area contributed by atoms with Gasteiger partial charge >= 0.3 is 14.2 Å². The van der Waals surface area contributed by atoms with Crippen LogP contribution in [-0.4, -0.2) is 38.7 Å². The van der Waals surface area contributed by atoms with Gasteiger partial charge in [0.15, 0.2) is 0 Å². The number of allylic oxidation sites excluding steroid dienone is 2. The first-order chi connectivity index (χ1) is 8.72. The first kappa shape index (κ1) is 12.5. The fraction of sp³-hybridized carbons (Fsp3) is 0.667. The highest BCUT2D eigenvalue weighted by molar-refractivity contribution is 6.46. The van der Waals surface area contributed by atoms with E-state index in [1.54, 1.807) is 0 Å². The van der Waals surface area contributed by atoms with Gasteiger partial charge in [0.05, 0.1) is 24.4 Å². The molecule has 96 valence electrons. The van der Waals surface area contributed by atoms with Crippen LogP contribution in [0.15, 0.2) is 24.3 Å². The molecule has 4 bridgehead atoms. The van der Waals surface area contributed by atoms with Gasteiger partial charge in [-0.1, -0.05) is 24.3 Å². The predicted octanol–water partition coefficient (Wildman–Crippen LogP) is 1.70. The highest BCUT2D eigenvalue weighted by Gasteiger charge is 2.37. The van der Waals surface area contributed by atoms with Gasteiger partial charge in [0, 0.05) is 12.6 Å². The molecule has 3 rings (SSSR count). The van der Waals surface area contributed by atoms with Crippen molar-refractivity contribution in [3.05, 3.63) is 24.3 Å². The standard InChI is InChI=1S/C12H18B2O4/c1-9-11-5-3-8-14-16-10(2)12(18-14)6-4-7-13(15-9)17-11/h3-6,9-12H,7-8H2,1-2H3/b5-3+,6-4+. The Kier molecular flexibility index (Phi) is 3.61. The third-order valence-electron chi connectivity index (χ3n) is 3.58. The Balaban J connectivity index is 1.74. The second-order valence-corrected chi connectivity index (χ2v) is 5.07. The molecule has 2 saturated heterocycles. The van der Waals surface area contributed by atoms with Crippen molar-refractivity contribution in [1.82, 2.24) is 0 Å². The first-order valence-electron chi connectivity index (χ1n) is 6.67. The van der Waals surface area contributed by atoms with E-state index in [1.165, 1.54) is 0 Å². The van der Waals surface area contributed by atoms with Crippen molar-refractivity contribution in [3.8, 4) is 0 Å². The van der Waals surface area contributed by atoms with Gasteiger partial charge in [-0.3, -0.25) is 0 Å². The number of rotatable bonds is 0. The molecule has 0 aromatic heterocycles. The van der Waals surface area contributed by atoms with E-state index >= 15 is 0 Å². The molecule has 0 radical (unpaired) electrons. The van der Waals surface area contributed by atoms with Crippen molar-refractivity contribution in [2.75, 3.05) is 0 Å². The zero-order valence-electron chi connectivity index (χ0n) is 10.8. The Morgan fingerprint density at radius 1 is 0.778 bits per heavy atom. The van der Waals surface area contributed by atoms with Gasteiger partial charge in [-0.2, -0.15) is 0 Å². The second-order valence-electron chi connectivity index (χ2n) is 5.07. The summed E-state index contributed by atoms with van der Waals surface area (Å²) in [6.07, 6.45) is 10.1. The van der Waals surface area contributed by atoms with Gasteiger partial charge in [0.2, 0.25) is 0 Å². The van der Waals surface area contributed by atoms with Crippen LogP contribution in [0.25, 0.3) is 0 Å². The molecular weight excluding hydrogens is 230 g/mol. The van der Waals surface area contributed by atoms with Crippen LogP contribution in [0, 0.1) is 0 Å². The van der Waals surface area contributed by atoms with E-state index < -0.39 is 0 Å². The minimum atomic E-state index is -0.140. The maximum absolute atomic E-state index is 5.82. The molecule has 3 aliphatic heterocycles. The van der Waals surface area contributed by atoms with Crippen LogP contribution in [0.2, 0.25) is 12.6 Å². The van der Waals surface area contributed by atoms with Crippen molar-refractivity contribution in [1.29, 1.82) is 0 Å². The quantitative estimate of drug-likeness (QED) is 0.482. The Morgan fingerprint density at radius 2 is 1.22 bits per heavy atom. The summed E-state index contributed by atoms with van der Waals surface area (Å²) in [5, 5.41) is 0. The van der Waals surface area contributed by atoms with Crippen LogP contribution < -0.4 is 0 Å². The van der Waals surface area contributed by atoms with E-state index in [9.17, 15) is 0 Å². The maximum Gasteiger partial charge on any atom is 0.461 e. The summed E-state index contributed by atoms with van der Waals surface area (Å²) in [4.78, 5) is 0. The highest BCUT2D eigenvalue weighted by atomic mass is 16.7. The largest absolute Gasteiger partial charge is 0.461 e. The van der Waals surface area contributed by atoms with Gasteiger partial charge < -0.3 is 18.6 Å². The van der Waals surface area contributed by atoms with Gasteiger partial charge in [-0.25, -0.2) is 0 Å². The smallest absolute Gasteiger partial charge is 0.405 e. The molecule has 4 nitrogen and oxygen atoms in total. The van der Waals surface area contributed by atoms with E-state index in [0.29, 0.717) is 0 Å². The molecular formula is C12H18B2O4. The van der Waals surface area contributed by atoms with Gasteiger partial charge in [0.1, 0.15) is 0 Å². The Hall–Kier alpha value is -0.550. The molecule has 4 atom stereocenters. The normalized spacial score (nSPS) is 43.4. The molecule has 18 heavy (non-hydrogen) atoms. The lowest BCUT2D eigenvalue weighted by atomic mass is 9.84. The van der Waals surface area contributed by atoms with E-state index in [0.717, 1.165) is 12.6 Å². The molecule has 3 aliphatic rings. The van der Waals surface area contributed by atoms with Gasteiger partial charge in [-0.15, -0.1) is 0 Å². The zero-order chi connectivity index (χ0) is 12.5. The molecule has 3 heterocycles. The summed E-state index contributed by atoms with van der Waals surface area (Å²) in [6, 6.07) is 0. The third-order valence-corrected chi connectivity index (χ3v) is 3.58. The fourth-order valence-corrected chi connectivity index (χ4v) is 2.54. The predicted molar refractivity (Wildman–Crippen MR) is 70.2 cm³/mol. The van der Waals surface area contributed by atoms with Crippen LogP contribution in [0.4, 0.5) is 0 Å². The average molecular weight is 248 g/mol. The Bertz CT molecular complexity index is 326. The Morgan fingerprint density at radius 3 is 1.67 bits per heavy atom. The molecule has 0 saturated carbocycles. The lowest BCUT2D eigenvalue weighted by Crippen LogP contribution is -2.18. The Labute approximate surface area is 109 Å². The molecule has 0 aliphatic carbocycles. The molecule has 4 unspecified atom stereocenters. The SMILES string of the molecule is CC1OB2C/C=C/C3OB(C/C=C/C1O2)OC3C. The number of hydrogen-bond donors (Lipinski definition) is 0. The van der Waals surface area contributed by atoms with Crippen LogP contribution in [0.5, 0.6) is 0 Å². The highest BCUT2D eigenvalue weighted by Crippen LogP contribution is 2.24. The van der Waals surface area contributed by atoms with Crippen LogP contribution in [-0.2, 0) is 18.6 Å². The monoisotopic (exact) mass is 248 g/mol. The van der Waals surface area contributed by atoms with Gasteiger partial charge in [-0.05, 0) is 13.8 Å². The summed E-state index contributed by atoms with van der Waals surface area (Å²) < 4.78 is 23.1. The molecule has 0 aromatic rings. The van der Waals surface area contributed by atoms with Crippen molar-refractivity contribution >= 4 is 14.2 Å². The van der Waals surface area contributed by atoms with Crippen molar-refractivity contribution in [2.45, 2.75) is 50.9 Å². The van der Waals surface area contributed by atoms with Crippen molar-refractivity contribution < 1.29 is 18.6 Å². The average Bonchev–Trinajstić information content (AvgIpc) is 2.83. The first-order valence-corrected chi connectivity index (χ1v) is 6.67. The van der Waals surface area contributed by atoms with Crippen LogP contribution in [0.1, 0.15) is 13.8 Å². The van der Waals surface area contributed by atoms with E-state index in [-0.39, 0.29) is 38.7 Å². The number of fused-ring (bicyclic) bond motifs is 4. The third kappa shape index (κ3) is 2.57. The molecule has 0 amide bonds. The molecule has 0 aromatic carbocycles. The van der Waals surface area contributed by atoms with Gasteiger partial charge in [0.25, 0.3) is 0 Å². The van der Waals surface area contributed by atoms with E-state index in [4.69, 9.17) is 18.6 Å². The number of hydrogen-bond acceptors (Lipinski definition) is 4. The van der Waals surface area contributed by atoms with Crippen LogP contribution in [0.3, 0.4) is 0 Å². The molecule has 0 N–H and O–H groups in total. The summed E-state index contributed by atoms with van der Waals surface area (Å²) >= 11 is 0. The summed E-state index contributed by atoms with van der Waals surface area (Å²) in [6.45, 7) is 4.08. The summed E-state index contributed by atoms with van der Waals surface area (Å²) in [7, 11) is -0.280. The van der Waals surface area contributed by atoms with E-state index in [1.807, 2.05) is 13.8 Å². The zero-order valence-corrected chi connectivity index (χ0v) is 10.8. The molecule has 0 spiro atoms. The lowest BCUT2D eigenvalue weighted by molar-refractivity contribution is 0.209. The molecule has 2 fully saturated rings. The van der Waals surface area contributed by atoms with Crippen molar-refractivity contribution in [3.63, 3.8) is 0 Å². The fourth-order valence-electron chi connectivity index (χ4n) is 2.54. The van der Waals surface area contributed by atoms with Crippen molar-refractivity contribution in [2.24, 2.45) is 0 Å². The minimum Gasteiger partial charge on any atom is -0.405 e. The van der Waals surface area contributed by atoms with Crippen LogP contribution >= 0.6 is 0 Å². The second kappa shape index (κ2) is 5.21. The lowest BCUT2D eigenvalue weighted by Gasteiger charge is -2.09. The molecule has 6 heteroatoms.